The molecule has 176 valence electrons. The Hall–Kier alpha value is -2.07. The maximum atomic E-state index is 12.9. The van der Waals surface area contributed by atoms with Gasteiger partial charge in [0.1, 0.15) is 22.6 Å². The number of hydrogen-bond acceptors (Lipinski definition) is 8. The molecule has 0 radical (unpaired) electrons. The number of esters is 2. The lowest BCUT2D eigenvalue weighted by molar-refractivity contribution is -0.145. The fourth-order valence-electron chi connectivity index (χ4n) is 4.11. The van der Waals surface area contributed by atoms with Crippen LogP contribution < -0.4 is 5.32 Å². The quantitative estimate of drug-likeness (QED) is 0.275. The van der Waals surface area contributed by atoms with Crippen LogP contribution in [0.4, 0.5) is 4.79 Å². The largest absolute Gasteiger partial charge is 0.461 e. The van der Waals surface area contributed by atoms with Crippen molar-refractivity contribution in [2.75, 3.05) is 26.4 Å². The predicted molar refractivity (Wildman–Crippen MR) is 125 cm³/mol. The number of thioether (sulfide) groups is 1. The molecule has 1 fully saturated rings. The highest BCUT2D eigenvalue weighted by atomic mass is 32.2. The number of thiocarbonyl (C=S) groups is 1. The van der Waals surface area contributed by atoms with Crippen molar-refractivity contribution in [2.24, 2.45) is 11.8 Å². The molecule has 2 bridgehead atoms. The number of carbonyl (C=O) groups is 3. The molecule has 8 nitrogen and oxygen atoms in total. The van der Waals surface area contributed by atoms with Crippen LogP contribution in [0, 0.1) is 11.8 Å². The number of nitrogens with one attached hydrogen (secondary N) is 1. The van der Waals surface area contributed by atoms with Gasteiger partial charge in [0.25, 0.3) is 0 Å². The van der Waals surface area contributed by atoms with Crippen LogP contribution in [0.15, 0.2) is 23.3 Å². The lowest BCUT2D eigenvalue weighted by Crippen LogP contribution is -2.39. The Morgan fingerprint density at radius 3 is 2.72 bits per heavy atom. The summed E-state index contributed by atoms with van der Waals surface area (Å²) in [5.74, 6) is -1.35. The Labute approximate surface area is 198 Å². The van der Waals surface area contributed by atoms with E-state index in [0.717, 1.165) is 12.0 Å². The normalized spacial score (nSPS) is 30.8. The summed E-state index contributed by atoms with van der Waals surface area (Å²) < 4.78 is 17.6. The van der Waals surface area contributed by atoms with E-state index in [4.69, 9.17) is 26.4 Å². The predicted octanol–water partition coefficient (Wildman–Crippen LogP) is 2.82. The smallest absolute Gasteiger partial charge is 0.407 e. The van der Waals surface area contributed by atoms with Gasteiger partial charge >= 0.3 is 18.0 Å². The Balaban J connectivity index is 1.92. The van der Waals surface area contributed by atoms with E-state index in [1.165, 1.54) is 11.8 Å². The van der Waals surface area contributed by atoms with Gasteiger partial charge in [-0.25, -0.2) is 9.59 Å². The van der Waals surface area contributed by atoms with Gasteiger partial charge < -0.3 is 24.4 Å². The molecule has 2 aliphatic heterocycles. The molecular formula is C22H30N2O6S2. The molecule has 0 saturated carbocycles. The first-order valence-electron chi connectivity index (χ1n) is 10.8. The van der Waals surface area contributed by atoms with Crippen molar-refractivity contribution in [2.45, 2.75) is 51.4 Å². The van der Waals surface area contributed by atoms with Crippen molar-refractivity contribution in [3.8, 4) is 0 Å². The van der Waals surface area contributed by atoms with Gasteiger partial charge in [0.2, 0.25) is 0 Å². The summed E-state index contributed by atoms with van der Waals surface area (Å²) in [7, 11) is 3.69. The van der Waals surface area contributed by atoms with E-state index in [1.807, 2.05) is 40.1 Å². The van der Waals surface area contributed by atoms with Crippen molar-refractivity contribution in [1.29, 1.82) is 0 Å². The van der Waals surface area contributed by atoms with Gasteiger partial charge in [-0.2, -0.15) is 0 Å². The molecule has 1 saturated heterocycles. The summed E-state index contributed by atoms with van der Waals surface area (Å²) in [6.07, 6.45) is 2.98. The monoisotopic (exact) mass is 482 g/mol. The number of fused-ring (bicyclic) bond motifs is 2. The molecule has 0 aromatic rings. The summed E-state index contributed by atoms with van der Waals surface area (Å²) in [6.45, 7) is 4.35. The maximum Gasteiger partial charge on any atom is 0.407 e. The van der Waals surface area contributed by atoms with Crippen molar-refractivity contribution < 1.29 is 28.6 Å². The maximum absolute atomic E-state index is 12.9. The standard InChI is InChI=1S/C22H30N2O6S2/c1-5-6-23-21(27)30-16-8-12(2)7-14-9-13(19(25)28-14)10-17-18(16)15(20(26)29-17)11-32-22(31)24(3)4/h8-9,14-18H,5-7,10-11H2,1-4H3,(H,23,27)/b12-8-/t14-,15+,16+,17-,18-/m0/s1. The highest BCUT2D eigenvalue weighted by Crippen LogP contribution is 2.40. The van der Waals surface area contributed by atoms with Gasteiger partial charge in [0.05, 0.1) is 11.8 Å². The van der Waals surface area contributed by atoms with E-state index in [0.29, 0.717) is 28.6 Å². The Morgan fingerprint density at radius 1 is 1.28 bits per heavy atom. The highest BCUT2D eigenvalue weighted by molar-refractivity contribution is 8.22. The minimum atomic E-state index is -0.685. The molecule has 32 heavy (non-hydrogen) atoms. The minimum Gasteiger partial charge on any atom is -0.461 e. The van der Waals surface area contributed by atoms with E-state index in [-0.39, 0.29) is 24.5 Å². The fourth-order valence-corrected chi connectivity index (χ4v) is 5.25. The van der Waals surface area contributed by atoms with Crippen LogP contribution in [-0.4, -0.2) is 72.0 Å². The Morgan fingerprint density at radius 2 is 2.03 bits per heavy atom. The number of nitrogens with zero attached hydrogens (tertiary/aromatic N) is 1. The van der Waals surface area contributed by atoms with Crippen LogP contribution in [0.3, 0.4) is 0 Å². The number of amides is 1. The second kappa shape index (κ2) is 10.7. The lowest BCUT2D eigenvalue weighted by Gasteiger charge is -2.28. The molecule has 10 heteroatoms. The minimum absolute atomic E-state index is 0.231. The molecule has 0 aromatic carbocycles. The molecule has 0 spiro atoms. The van der Waals surface area contributed by atoms with Crippen LogP contribution in [-0.2, 0) is 23.8 Å². The zero-order valence-corrected chi connectivity index (χ0v) is 20.4. The molecule has 2 heterocycles. The van der Waals surface area contributed by atoms with Crippen molar-refractivity contribution in [1.82, 2.24) is 10.2 Å². The molecule has 1 aliphatic carbocycles. The topological polar surface area (TPSA) is 94.2 Å². The van der Waals surface area contributed by atoms with E-state index in [2.05, 4.69) is 5.32 Å². The first kappa shape index (κ1) is 24.6. The number of hydrogen-bond donors (Lipinski definition) is 1. The van der Waals surface area contributed by atoms with Crippen molar-refractivity contribution >= 4 is 46.3 Å². The van der Waals surface area contributed by atoms with Gasteiger partial charge in [-0.05, 0) is 25.5 Å². The summed E-state index contributed by atoms with van der Waals surface area (Å²) >= 11 is 6.76. The number of carbonyl (C=O) groups excluding carboxylic acids is 3. The zero-order chi connectivity index (χ0) is 23.4. The SMILES string of the molecule is CCCNC(=O)O[C@@H]1/C=C(/C)C[C@H]2C=C(C[C@@H]3OC(=O)[C@H](CSC(=S)N(C)C)[C@H]31)C(=O)O2. The average Bonchev–Trinajstić information content (AvgIpc) is 3.21. The lowest BCUT2D eigenvalue weighted by atomic mass is 9.82. The molecule has 0 aromatic heterocycles. The second-order valence-electron chi connectivity index (χ2n) is 8.48. The van der Waals surface area contributed by atoms with Crippen LogP contribution >= 0.6 is 24.0 Å². The van der Waals surface area contributed by atoms with Gasteiger partial charge in [0.15, 0.2) is 0 Å². The van der Waals surface area contributed by atoms with E-state index < -0.39 is 30.1 Å². The van der Waals surface area contributed by atoms with Gasteiger partial charge in [-0.3, -0.25) is 4.79 Å². The molecule has 3 aliphatic rings. The third-order valence-electron chi connectivity index (χ3n) is 5.66. The van der Waals surface area contributed by atoms with Gasteiger partial charge in [-0.15, -0.1) is 0 Å². The Kier molecular flexibility index (Phi) is 8.21. The summed E-state index contributed by atoms with van der Waals surface area (Å²) in [5, 5.41) is 2.73. The van der Waals surface area contributed by atoms with Crippen LogP contribution in [0.5, 0.6) is 0 Å². The molecular weight excluding hydrogens is 452 g/mol. The van der Waals surface area contributed by atoms with E-state index >= 15 is 0 Å². The highest BCUT2D eigenvalue weighted by Gasteiger charge is 2.50. The zero-order valence-electron chi connectivity index (χ0n) is 18.8. The van der Waals surface area contributed by atoms with Crippen LogP contribution in [0.2, 0.25) is 0 Å². The van der Waals surface area contributed by atoms with Crippen LogP contribution in [0.25, 0.3) is 0 Å². The fraction of sp³-hybridized carbons (Fsp3) is 0.636. The Bertz CT molecular complexity index is 840. The molecule has 1 amide bonds. The first-order chi connectivity index (χ1) is 15.2. The van der Waals surface area contributed by atoms with Crippen molar-refractivity contribution in [3.63, 3.8) is 0 Å². The van der Waals surface area contributed by atoms with Crippen LogP contribution in [0.1, 0.15) is 33.1 Å². The van der Waals surface area contributed by atoms with E-state index in [1.54, 1.807) is 4.90 Å². The summed E-state index contributed by atoms with van der Waals surface area (Å²) in [4.78, 5) is 39.5. The average molecular weight is 483 g/mol. The van der Waals surface area contributed by atoms with E-state index in [9.17, 15) is 14.4 Å². The third-order valence-corrected chi connectivity index (χ3v) is 7.51. The molecule has 0 unspecified atom stereocenters. The molecule has 1 N–H and O–H groups in total. The van der Waals surface area contributed by atoms with Gasteiger partial charge in [-0.1, -0.05) is 36.5 Å². The first-order valence-corrected chi connectivity index (χ1v) is 12.2. The number of rotatable bonds is 5. The number of ether oxygens (including phenoxy) is 3. The van der Waals surface area contributed by atoms with Crippen molar-refractivity contribution in [3.05, 3.63) is 23.3 Å². The third kappa shape index (κ3) is 5.83. The number of alkyl carbamates (subject to hydrolysis) is 1. The molecule has 3 rings (SSSR count). The second-order valence-corrected chi connectivity index (χ2v) is 10.1. The molecule has 5 atom stereocenters. The van der Waals surface area contributed by atoms with Gasteiger partial charge in [0, 0.05) is 44.8 Å². The summed E-state index contributed by atoms with van der Waals surface area (Å²) in [6, 6.07) is 0. The summed E-state index contributed by atoms with van der Waals surface area (Å²) in [5.41, 5.74) is 1.41.